The molecule has 1 unspecified atom stereocenters. The van der Waals surface area contributed by atoms with Crippen molar-refractivity contribution >= 4 is 5.78 Å². The molecule has 2 N–H and O–H groups in total. The van der Waals surface area contributed by atoms with Gasteiger partial charge in [-0.05, 0) is 23.8 Å². The molecule has 0 fully saturated rings. The van der Waals surface area contributed by atoms with E-state index in [2.05, 4.69) is 0 Å². The molecule has 0 radical (unpaired) electrons. The van der Waals surface area contributed by atoms with Gasteiger partial charge in [0.15, 0.2) is 5.78 Å². The van der Waals surface area contributed by atoms with E-state index in [9.17, 15) is 13.6 Å². The summed E-state index contributed by atoms with van der Waals surface area (Å²) in [5, 5.41) is 0. The number of ether oxygens (including phenoxy) is 1. The number of methoxy groups -OCH3 is 1. The molecule has 3 nitrogen and oxygen atoms in total. The third-order valence-corrected chi connectivity index (χ3v) is 2.13. The number of Topliss-reactive ketones (excluding diaryl/α,β-unsaturated/α-hetero) is 1. The second-order valence-electron chi connectivity index (χ2n) is 3.44. The van der Waals surface area contributed by atoms with Crippen LogP contribution in [0.1, 0.15) is 5.56 Å². The third kappa shape index (κ3) is 3.36. The van der Waals surface area contributed by atoms with E-state index in [1.807, 2.05) is 0 Å². The monoisotopic (exact) mass is 229 g/mol. The van der Waals surface area contributed by atoms with Gasteiger partial charge in [-0.1, -0.05) is 0 Å². The zero-order chi connectivity index (χ0) is 12.1. The topological polar surface area (TPSA) is 52.3 Å². The van der Waals surface area contributed by atoms with Crippen molar-refractivity contribution in [2.75, 3.05) is 13.7 Å². The molecule has 0 bridgehead atoms. The van der Waals surface area contributed by atoms with E-state index in [1.165, 1.54) is 7.11 Å². The van der Waals surface area contributed by atoms with E-state index in [0.29, 0.717) is 0 Å². The molecular weight excluding hydrogens is 216 g/mol. The minimum atomic E-state index is -0.812. The highest BCUT2D eigenvalue weighted by molar-refractivity contribution is 5.86. The van der Waals surface area contributed by atoms with Gasteiger partial charge in [0, 0.05) is 13.5 Å². The first-order valence-corrected chi connectivity index (χ1v) is 4.75. The maximum Gasteiger partial charge on any atom is 0.156 e. The Morgan fingerprint density at radius 1 is 1.50 bits per heavy atom. The molecule has 0 saturated carbocycles. The summed E-state index contributed by atoms with van der Waals surface area (Å²) in [5.41, 5.74) is 5.48. The maximum atomic E-state index is 13.2. The van der Waals surface area contributed by atoms with Crippen LogP contribution in [0, 0.1) is 11.6 Å². The molecule has 1 atom stereocenters. The van der Waals surface area contributed by atoms with Crippen molar-refractivity contribution in [3.05, 3.63) is 35.4 Å². The van der Waals surface area contributed by atoms with E-state index in [4.69, 9.17) is 10.5 Å². The number of rotatable bonds is 5. The van der Waals surface area contributed by atoms with Crippen molar-refractivity contribution in [2.45, 2.75) is 12.5 Å². The molecule has 0 aliphatic rings. The molecule has 1 aromatic carbocycles. The van der Waals surface area contributed by atoms with Crippen molar-refractivity contribution in [3.63, 3.8) is 0 Å². The Morgan fingerprint density at radius 2 is 2.19 bits per heavy atom. The average molecular weight is 229 g/mol. The van der Waals surface area contributed by atoms with Crippen LogP contribution in [0.25, 0.3) is 0 Å². The average Bonchev–Trinajstić information content (AvgIpc) is 2.23. The van der Waals surface area contributed by atoms with E-state index in [-0.39, 0.29) is 24.4 Å². The summed E-state index contributed by atoms with van der Waals surface area (Å²) >= 11 is 0. The lowest BCUT2D eigenvalue weighted by atomic mass is 10.0. The molecule has 1 aromatic rings. The van der Waals surface area contributed by atoms with Crippen LogP contribution in [0.2, 0.25) is 0 Å². The standard InChI is InChI=1S/C11H13F2NO2/c1-16-6-10(14)11(15)5-7-4-8(12)2-3-9(7)13/h2-4,10H,5-6,14H2,1H3. The Labute approximate surface area is 92.2 Å². The Hall–Kier alpha value is -1.33. The minimum Gasteiger partial charge on any atom is -0.383 e. The smallest absolute Gasteiger partial charge is 0.156 e. The van der Waals surface area contributed by atoms with E-state index >= 15 is 0 Å². The molecule has 0 aliphatic heterocycles. The molecule has 1 rings (SSSR count). The number of nitrogens with two attached hydrogens (primary N) is 1. The Balaban J connectivity index is 2.72. The van der Waals surface area contributed by atoms with Gasteiger partial charge in [0.25, 0.3) is 0 Å². The zero-order valence-corrected chi connectivity index (χ0v) is 8.87. The molecule has 16 heavy (non-hydrogen) atoms. The zero-order valence-electron chi connectivity index (χ0n) is 8.87. The van der Waals surface area contributed by atoms with Gasteiger partial charge in [-0.25, -0.2) is 8.78 Å². The van der Waals surface area contributed by atoms with E-state index in [1.54, 1.807) is 0 Å². The highest BCUT2D eigenvalue weighted by Gasteiger charge is 2.16. The lowest BCUT2D eigenvalue weighted by Gasteiger charge is -2.09. The number of hydrogen-bond donors (Lipinski definition) is 1. The lowest BCUT2D eigenvalue weighted by molar-refractivity contribution is -0.120. The summed E-state index contributed by atoms with van der Waals surface area (Å²) < 4.78 is 30.7. The first-order chi connectivity index (χ1) is 7.54. The fourth-order valence-corrected chi connectivity index (χ4v) is 1.27. The summed E-state index contributed by atoms with van der Waals surface area (Å²) in [6.07, 6.45) is -0.228. The van der Waals surface area contributed by atoms with Crippen molar-refractivity contribution in [1.29, 1.82) is 0 Å². The van der Waals surface area contributed by atoms with Crippen LogP contribution in [0.4, 0.5) is 8.78 Å². The second kappa shape index (κ2) is 5.67. The van der Waals surface area contributed by atoms with Crippen molar-refractivity contribution < 1.29 is 18.3 Å². The second-order valence-corrected chi connectivity index (χ2v) is 3.44. The number of ketones is 1. The molecule has 88 valence electrons. The van der Waals surface area contributed by atoms with Crippen LogP contribution < -0.4 is 5.73 Å². The Kier molecular flexibility index (Phi) is 4.52. The summed E-state index contributed by atoms with van der Waals surface area (Å²) in [4.78, 5) is 11.5. The van der Waals surface area contributed by atoms with Crippen molar-refractivity contribution in [3.8, 4) is 0 Å². The van der Waals surface area contributed by atoms with Crippen molar-refractivity contribution in [2.24, 2.45) is 5.73 Å². The summed E-state index contributed by atoms with van der Waals surface area (Å²) in [6.45, 7) is 0.0652. The normalized spacial score (nSPS) is 12.5. The third-order valence-electron chi connectivity index (χ3n) is 2.13. The summed E-state index contributed by atoms with van der Waals surface area (Å²) in [7, 11) is 1.41. The number of carbonyl (C=O) groups excluding carboxylic acids is 1. The fourth-order valence-electron chi connectivity index (χ4n) is 1.27. The van der Waals surface area contributed by atoms with Gasteiger partial charge in [-0.3, -0.25) is 4.79 Å². The highest BCUT2D eigenvalue weighted by Crippen LogP contribution is 2.11. The first kappa shape index (κ1) is 12.7. The largest absolute Gasteiger partial charge is 0.383 e. The lowest BCUT2D eigenvalue weighted by Crippen LogP contribution is -2.36. The van der Waals surface area contributed by atoms with Crippen LogP contribution in [0.5, 0.6) is 0 Å². The van der Waals surface area contributed by atoms with Crippen molar-refractivity contribution in [1.82, 2.24) is 0 Å². The quantitative estimate of drug-likeness (QED) is 0.821. The first-order valence-electron chi connectivity index (χ1n) is 4.75. The number of hydrogen-bond acceptors (Lipinski definition) is 3. The molecule has 5 heteroatoms. The molecule has 0 amide bonds. The molecular formula is C11H13F2NO2. The van der Waals surface area contributed by atoms with Gasteiger partial charge in [-0.15, -0.1) is 0 Å². The summed E-state index contributed by atoms with van der Waals surface area (Å²) in [6, 6.07) is 2.16. The van der Waals surface area contributed by atoms with E-state index < -0.39 is 17.7 Å². The summed E-state index contributed by atoms with van der Waals surface area (Å²) in [5.74, 6) is -1.57. The molecule has 0 aromatic heterocycles. The number of carbonyl (C=O) groups is 1. The van der Waals surface area contributed by atoms with Crippen LogP contribution >= 0.6 is 0 Å². The van der Waals surface area contributed by atoms with Crippen LogP contribution in [-0.4, -0.2) is 25.5 Å². The number of benzene rings is 1. The molecule has 0 spiro atoms. The van der Waals surface area contributed by atoms with E-state index in [0.717, 1.165) is 18.2 Å². The highest BCUT2D eigenvalue weighted by atomic mass is 19.1. The van der Waals surface area contributed by atoms with Gasteiger partial charge in [0.05, 0.1) is 12.6 Å². The molecule has 0 saturated heterocycles. The predicted octanol–water partition coefficient (Wildman–Crippen LogP) is 1.05. The predicted molar refractivity (Wildman–Crippen MR) is 54.9 cm³/mol. The Bertz CT molecular complexity index is 382. The van der Waals surface area contributed by atoms with Gasteiger partial charge >= 0.3 is 0 Å². The van der Waals surface area contributed by atoms with Gasteiger partial charge in [0.2, 0.25) is 0 Å². The van der Waals surface area contributed by atoms with Crippen LogP contribution in [0.15, 0.2) is 18.2 Å². The molecule has 0 heterocycles. The Morgan fingerprint density at radius 3 is 2.81 bits per heavy atom. The fraction of sp³-hybridized carbons (Fsp3) is 0.364. The minimum absolute atomic E-state index is 0.0107. The van der Waals surface area contributed by atoms with Gasteiger partial charge in [0.1, 0.15) is 11.6 Å². The maximum absolute atomic E-state index is 13.2. The van der Waals surface area contributed by atoms with Crippen LogP contribution in [-0.2, 0) is 16.0 Å². The SMILES string of the molecule is COCC(N)C(=O)Cc1cc(F)ccc1F. The van der Waals surface area contributed by atoms with Gasteiger partial charge < -0.3 is 10.5 Å². The van der Waals surface area contributed by atoms with Gasteiger partial charge in [-0.2, -0.15) is 0 Å². The molecule has 0 aliphatic carbocycles. The number of halogens is 2. The van der Waals surface area contributed by atoms with Crippen LogP contribution in [0.3, 0.4) is 0 Å².